The Balaban J connectivity index is 1.51. The smallest absolute Gasteiger partial charge is 0.287 e. The number of hydrogen-bond donors (Lipinski definition) is 1. The Morgan fingerprint density at radius 1 is 1.28 bits per heavy atom. The molecule has 1 amide bonds. The van der Waals surface area contributed by atoms with Crippen molar-refractivity contribution in [2.75, 3.05) is 6.54 Å². The van der Waals surface area contributed by atoms with E-state index in [4.69, 9.17) is 4.42 Å². The fourth-order valence-electron chi connectivity index (χ4n) is 3.42. The van der Waals surface area contributed by atoms with Gasteiger partial charge in [0.2, 0.25) is 0 Å². The molecule has 1 aliphatic carbocycles. The summed E-state index contributed by atoms with van der Waals surface area (Å²) in [6.07, 6.45) is 7.84. The molecule has 0 saturated heterocycles. The number of fused-ring (bicyclic) bond motifs is 1. The average molecular weight is 337 g/mol. The van der Waals surface area contributed by atoms with Gasteiger partial charge in [-0.15, -0.1) is 0 Å². The summed E-state index contributed by atoms with van der Waals surface area (Å²) in [5, 5.41) is 4.10. The Labute approximate surface area is 147 Å². The van der Waals surface area contributed by atoms with Crippen LogP contribution in [0.1, 0.15) is 40.1 Å². The van der Waals surface area contributed by atoms with Gasteiger partial charge in [0.15, 0.2) is 5.76 Å². The lowest BCUT2D eigenvalue weighted by atomic mass is 10.0. The van der Waals surface area contributed by atoms with Crippen LogP contribution < -0.4 is 5.32 Å². The predicted octanol–water partition coefficient (Wildman–Crippen LogP) is 3.76. The predicted molar refractivity (Wildman–Crippen MR) is 96.7 cm³/mol. The minimum absolute atomic E-state index is 0.123. The van der Waals surface area contributed by atoms with Crippen LogP contribution >= 0.6 is 0 Å². The van der Waals surface area contributed by atoms with Gasteiger partial charge in [-0.3, -0.25) is 4.79 Å². The Morgan fingerprint density at radius 2 is 2.08 bits per heavy atom. The molecular formula is C20H23N3O2. The molecule has 0 radical (unpaired) electrons. The fourth-order valence-corrected chi connectivity index (χ4v) is 3.42. The first-order chi connectivity index (χ1) is 12.0. The zero-order chi connectivity index (χ0) is 17.6. The van der Waals surface area contributed by atoms with Gasteiger partial charge < -0.3 is 14.3 Å². The summed E-state index contributed by atoms with van der Waals surface area (Å²) in [4.78, 5) is 16.8. The van der Waals surface area contributed by atoms with Crippen LogP contribution in [0.4, 0.5) is 0 Å². The minimum Gasteiger partial charge on any atom is -0.450 e. The summed E-state index contributed by atoms with van der Waals surface area (Å²) in [5.41, 5.74) is 4.16. The van der Waals surface area contributed by atoms with Gasteiger partial charge >= 0.3 is 0 Å². The number of rotatable bonds is 5. The summed E-state index contributed by atoms with van der Waals surface area (Å²) >= 11 is 0. The molecule has 1 fully saturated rings. The highest BCUT2D eigenvalue weighted by Gasteiger charge is 2.43. The van der Waals surface area contributed by atoms with Gasteiger partial charge in [0.05, 0.1) is 6.33 Å². The van der Waals surface area contributed by atoms with E-state index in [0.29, 0.717) is 12.3 Å². The fraction of sp³-hybridized carbons (Fsp3) is 0.400. The van der Waals surface area contributed by atoms with Crippen molar-refractivity contribution in [3.05, 3.63) is 53.3 Å². The van der Waals surface area contributed by atoms with Crippen LogP contribution in [0.3, 0.4) is 0 Å². The van der Waals surface area contributed by atoms with Crippen LogP contribution in [0.5, 0.6) is 0 Å². The van der Waals surface area contributed by atoms with Crippen molar-refractivity contribution in [1.29, 1.82) is 0 Å². The van der Waals surface area contributed by atoms with E-state index in [1.165, 1.54) is 5.56 Å². The molecule has 5 nitrogen and oxygen atoms in total. The summed E-state index contributed by atoms with van der Waals surface area (Å²) in [5.74, 6) is 0.310. The number of nitrogens with one attached hydrogen (secondary N) is 1. The number of aryl methyl sites for hydroxylation is 3. The van der Waals surface area contributed by atoms with Gasteiger partial charge in [-0.25, -0.2) is 4.98 Å². The van der Waals surface area contributed by atoms with E-state index in [9.17, 15) is 4.79 Å². The van der Waals surface area contributed by atoms with Crippen molar-refractivity contribution in [3.63, 3.8) is 0 Å². The van der Waals surface area contributed by atoms with E-state index >= 15 is 0 Å². The van der Waals surface area contributed by atoms with Crippen molar-refractivity contribution in [2.45, 2.75) is 40.2 Å². The number of carbonyl (C=O) groups is 1. The van der Waals surface area contributed by atoms with Crippen LogP contribution in [0.2, 0.25) is 0 Å². The standard InChI is InChI=1S/C20H23N3O2/c1-13-4-5-16-15(3)18(25-17(16)14(13)2)19(24)22-10-20(6-7-20)11-23-9-8-21-12-23/h4-5,8-9,12H,6-7,10-11H2,1-3H3,(H,22,24). The Hall–Kier alpha value is -2.56. The summed E-state index contributed by atoms with van der Waals surface area (Å²) in [7, 11) is 0. The number of carbonyl (C=O) groups excluding carboxylic acids is 1. The van der Waals surface area contributed by atoms with Crippen molar-refractivity contribution in [1.82, 2.24) is 14.9 Å². The highest BCUT2D eigenvalue weighted by Crippen LogP contribution is 2.46. The molecule has 0 atom stereocenters. The number of nitrogens with zero attached hydrogens (tertiary/aromatic N) is 2. The second kappa shape index (κ2) is 5.76. The van der Waals surface area contributed by atoms with E-state index in [1.807, 2.05) is 32.4 Å². The van der Waals surface area contributed by atoms with Crippen LogP contribution in [0, 0.1) is 26.2 Å². The third-order valence-corrected chi connectivity index (χ3v) is 5.49. The number of imidazole rings is 1. The molecule has 1 aromatic carbocycles. The Kier molecular flexibility index (Phi) is 3.67. The lowest BCUT2D eigenvalue weighted by Gasteiger charge is -2.16. The second-order valence-electron chi connectivity index (χ2n) is 7.36. The lowest BCUT2D eigenvalue weighted by molar-refractivity contribution is 0.0916. The lowest BCUT2D eigenvalue weighted by Crippen LogP contribution is -2.32. The van der Waals surface area contributed by atoms with Crippen molar-refractivity contribution >= 4 is 16.9 Å². The number of benzene rings is 1. The molecule has 0 unspecified atom stereocenters. The molecule has 25 heavy (non-hydrogen) atoms. The molecule has 1 N–H and O–H groups in total. The van der Waals surface area contributed by atoms with Gasteiger partial charge in [-0.05, 0) is 44.7 Å². The topological polar surface area (TPSA) is 60.1 Å². The van der Waals surface area contributed by atoms with Gasteiger partial charge in [0.25, 0.3) is 5.91 Å². The van der Waals surface area contributed by atoms with Crippen LogP contribution in [-0.2, 0) is 6.54 Å². The first-order valence-corrected chi connectivity index (χ1v) is 8.72. The maximum atomic E-state index is 12.7. The maximum absolute atomic E-state index is 12.7. The first kappa shape index (κ1) is 15.9. The third-order valence-electron chi connectivity index (χ3n) is 5.49. The molecule has 0 spiro atoms. The van der Waals surface area contributed by atoms with E-state index in [1.54, 1.807) is 6.20 Å². The average Bonchev–Trinajstić information content (AvgIpc) is 3.00. The van der Waals surface area contributed by atoms with Crippen LogP contribution in [-0.4, -0.2) is 22.0 Å². The summed E-state index contributed by atoms with van der Waals surface area (Å²) in [6.45, 7) is 7.60. The molecule has 1 aliphatic rings. The van der Waals surface area contributed by atoms with E-state index in [0.717, 1.165) is 41.5 Å². The molecule has 0 bridgehead atoms. The Morgan fingerprint density at radius 3 is 2.76 bits per heavy atom. The SMILES string of the molecule is Cc1ccc2c(C)c(C(=O)NCC3(Cn4ccnc4)CC3)oc2c1C. The van der Waals surface area contributed by atoms with Crippen LogP contribution in [0.25, 0.3) is 11.0 Å². The molecule has 5 heteroatoms. The van der Waals surface area contributed by atoms with Crippen molar-refractivity contribution < 1.29 is 9.21 Å². The van der Waals surface area contributed by atoms with E-state index < -0.39 is 0 Å². The summed E-state index contributed by atoms with van der Waals surface area (Å²) < 4.78 is 8.02. The molecule has 4 rings (SSSR count). The van der Waals surface area contributed by atoms with Crippen LogP contribution in [0.15, 0.2) is 35.3 Å². The molecule has 2 heterocycles. The molecule has 2 aromatic heterocycles. The maximum Gasteiger partial charge on any atom is 0.287 e. The molecule has 0 aliphatic heterocycles. The van der Waals surface area contributed by atoms with Crippen molar-refractivity contribution in [2.24, 2.45) is 5.41 Å². The molecule has 130 valence electrons. The minimum atomic E-state index is -0.123. The first-order valence-electron chi connectivity index (χ1n) is 8.72. The number of hydrogen-bond acceptors (Lipinski definition) is 3. The van der Waals surface area contributed by atoms with Gasteiger partial charge in [0.1, 0.15) is 5.58 Å². The zero-order valence-corrected chi connectivity index (χ0v) is 14.9. The number of amides is 1. The summed E-state index contributed by atoms with van der Waals surface area (Å²) in [6, 6.07) is 4.11. The largest absolute Gasteiger partial charge is 0.450 e. The van der Waals surface area contributed by atoms with Gasteiger partial charge in [-0.1, -0.05) is 12.1 Å². The quantitative estimate of drug-likeness (QED) is 0.771. The monoisotopic (exact) mass is 337 g/mol. The highest BCUT2D eigenvalue weighted by atomic mass is 16.3. The molecular weight excluding hydrogens is 314 g/mol. The number of furan rings is 1. The van der Waals surface area contributed by atoms with Gasteiger partial charge in [0, 0.05) is 41.8 Å². The number of aromatic nitrogens is 2. The van der Waals surface area contributed by atoms with Crippen molar-refractivity contribution in [3.8, 4) is 0 Å². The van der Waals surface area contributed by atoms with E-state index in [2.05, 4.69) is 27.9 Å². The molecule has 3 aromatic rings. The van der Waals surface area contributed by atoms with Gasteiger partial charge in [-0.2, -0.15) is 0 Å². The normalized spacial score (nSPS) is 15.5. The van der Waals surface area contributed by atoms with E-state index in [-0.39, 0.29) is 11.3 Å². The second-order valence-corrected chi connectivity index (χ2v) is 7.36. The zero-order valence-electron chi connectivity index (χ0n) is 14.9. The Bertz CT molecular complexity index is 934. The highest BCUT2D eigenvalue weighted by molar-refractivity contribution is 5.99. The third kappa shape index (κ3) is 2.84. The molecule has 1 saturated carbocycles.